The third-order valence-electron chi connectivity index (χ3n) is 4.11. The fourth-order valence-corrected chi connectivity index (χ4v) is 3.26. The van der Waals surface area contributed by atoms with Crippen molar-refractivity contribution in [2.24, 2.45) is 0 Å². The average molecular weight is 252 g/mol. The van der Waals surface area contributed by atoms with Crippen LogP contribution in [0.2, 0.25) is 0 Å². The lowest BCUT2D eigenvalue weighted by atomic mass is 9.87. The molecular formula is C14H18F2N2. The Morgan fingerprint density at radius 2 is 2.00 bits per heavy atom. The molecule has 98 valence electrons. The van der Waals surface area contributed by atoms with E-state index in [1.165, 1.54) is 31.0 Å². The molecule has 3 rings (SSSR count). The Balaban J connectivity index is 1.91. The zero-order chi connectivity index (χ0) is 12.5. The lowest BCUT2D eigenvalue weighted by Gasteiger charge is -2.46. The Hall–Kier alpha value is -1.16. The van der Waals surface area contributed by atoms with E-state index in [-0.39, 0.29) is 11.6 Å². The number of hydrogen-bond acceptors (Lipinski definition) is 2. The quantitative estimate of drug-likeness (QED) is 0.826. The Morgan fingerprint density at radius 1 is 1.17 bits per heavy atom. The highest BCUT2D eigenvalue weighted by molar-refractivity contribution is 5.50. The molecule has 0 aromatic heterocycles. The highest BCUT2D eigenvalue weighted by Crippen LogP contribution is 2.31. The lowest BCUT2D eigenvalue weighted by molar-refractivity contribution is 0.282. The molecule has 0 radical (unpaired) electrons. The average Bonchev–Trinajstić information content (AvgIpc) is 2.41. The minimum atomic E-state index is -0.364. The van der Waals surface area contributed by atoms with Gasteiger partial charge >= 0.3 is 0 Å². The number of rotatable bonds is 1. The van der Waals surface area contributed by atoms with Crippen molar-refractivity contribution in [3.8, 4) is 0 Å². The van der Waals surface area contributed by atoms with Crippen molar-refractivity contribution in [2.45, 2.75) is 37.8 Å². The molecule has 2 fully saturated rings. The van der Waals surface area contributed by atoms with Gasteiger partial charge in [-0.25, -0.2) is 8.78 Å². The van der Waals surface area contributed by atoms with Crippen molar-refractivity contribution in [1.82, 2.24) is 5.32 Å². The number of piperazine rings is 1. The molecule has 2 atom stereocenters. The predicted molar refractivity (Wildman–Crippen MR) is 67.8 cm³/mol. The van der Waals surface area contributed by atoms with Gasteiger partial charge in [0.15, 0.2) is 0 Å². The molecule has 1 aliphatic heterocycles. The molecule has 1 aromatic carbocycles. The van der Waals surface area contributed by atoms with Gasteiger partial charge < -0.3 is 10.2 Å². The van der Waals surface area contributed by atoms with E-state index in [9.17, 15) is 8.78 Å². The van der Waals surface area contributed by atoms with Crippen molar-refractivity contribution in [3.63, 3.8) is 0 Å². The summed E-state index contributed by atoms with van der Waals surface area (Å²) in [5.74, 6) is -0.681. The van der Waals surface area contributed by atoms with Crippen LogP contribution in [0, 0.1) is 11.6 Å². The molecule has 0 unspecified atom stereocenters. The van der Waals surface area contributed by atoms with Crippen LogP contribution >= 0.6 is 0 Å². The summed E-state index contributed by atoms with van der Waals surface area (Å²) in [5, 5.41) is 3.50. The van der Waals surface area contributed by atoms with Crippen LogP contribution in [-0.4, -0.2) is 25.2 Å². The number of benzene rings is 1. The second kappa shape index (κ2) is 4.84. The highest BCUT2D eigenvalue weighted by atomic mass is 19.1. The molecule has 18 heavy (non-hydrogen) atoms. The number of hydrogen-bond donors (Lipinski definition) is 1. The zero-order valence-electron chi connectivity index (χ0n) is 10.3. The summed E-state index contributed by atoms with van der Waals surface area (Å²) < 4.78 is 27.2. The van der Waals surface area contributed by atoms with E-state index in [1.54, 1.807) is 0 Å². The number of fused-ring (bicyclic) bond motifs is 1. The highest BCUT2D eigenvalue weighted by Gasteiger charge is 2.34. The minimum Gasteiger partial charge on any atom is -0.363 e. The van der Waals surface area contributed by atoms with Gasteiger partial charge in [0.05, 0.1) is 5.69 Å². The Bertz CT molecular complexity index is 434. The molecule has 1 heterocycles. The van der Waals surface area contributed by atoms with E-state index >= 15 is 0 Å². The Morgan fingerprint density at radius 3 is 2.89 bits per heavy atom. The van der Waals surface area contributed by atoms with Crippen molar-refractivity contribution < 1.29 is 8.78 Å². The first kappa shape index (κ1) is 11.9. The number of nitrogens with one attached hydrogen (secondary N) is 1. The molecule has 1 saturated carbocycles. The topological polar surface area (TPSA) is 15.3 Å². The van der Waals surface area contributed by atoms with Crippen LogP contribution in [0.25, 0.3) is 0 Å². The van der Waals surface area contributed by atoms with E-state index in [4.69, 9.17) is 0 Å². The predicted octanol–water partition coefficient (Wildman–Crippen LogP) is 2.69. The number of halogens is 2. The molecule has 0 amide bonds. The van der Waals surface area contributed by atoms with Gasteiger partial charge in [-0.05, 0) is 25.0 Å². The van der Waals surface area contributed by atoms with Crippen molar-refractivity contribution in [1.29, 1.82) is 0 Å². The van der Waals surface area contributed by atoms with E-state index in [0.717, 1.165) is 25.9 Å². The second-order valence-electron chi connectivity index (χ2n) is 5.20. The molecule has 2 aliphatic rings. The van der Waals surface area contributed by atoms with Gasteiger partial charge in [0.2, 0.25) is 0 Å². The van der Waals surface area contributed by atoms with E-state index in [0.29, 0.717) is 17.8 Å². The fourth-order valence-electron chi connectivity index (χ4n) is 3.26. The summed E-state index contributed by atoms with van der Waals surface area (Å²) in [6, 6.07) is 4.47. The van der Waals surface area contributed by atoms with Gasteiger partial charge in [-0.1, -0.05) is 12.8 Å². The lowest BCUT2D eigenvalue weighted by Crippen LogP contribution is -2.59. The van der Waals surface area contributed by atoms with Gasteiger partial charge in [-0.2, -0.15) is 0 Å². The maximum Gasteiger partial charge on any atom is 0.146 e. The second-order valence-corrected chi connectivity index (χ2v) is 5.20. The van der Waals surface area contributed by atoms with Crippen LogP contribution in [0.4, 0.5) is 14.5 Å². The minimum absolute atomic E-state index is 0.309. The van der Waals surface area contributed by atoms with Gasteiger partial charge in [0.1, 0.15) is 11.6 Å². The van der Waals surface area contributed by atoms with Crippen molar-refractivity contribution in [2.75, 3.05) is 18.0 Å². The molecule has 2 nitrogen and oxygen atoms in total. The summed E-state index contributed by atoms with van der Waals surface area (Å²) in [5.41, 5.74) is 0.424. The van der Waals surface area contributed by atoms with Gasteiger partial charge in [-0.3, -0.25) is 0 Å². The molecule has 1 aliphatic carbocycles. The summed E-state index contributed by atoms with van der Waals surface area (Å²) >= 11 is 0. The van der Waals surface area contributed by atoms with Gasteiger partial charge in [-0.15, -0.1) is 0 Å². The molecule has 1 saturated heterocycles. The summed E-state index contributed by atoms with van der Waals surface area (Å²) in [6.07, 6.45) is 4.61. The molecule has 1 aromatic rings. The maximum atomic E-state index is 13.9. The number of nitrogens with zero attached hydrogens (tertiary/aromatic N) is 1. The largest absolute Gasteiger partial charge is 0.363 e. The maximum absolute atomic E-state index is 13.9. The summed E-state index contributed by atoms with van der Waals surface area (Å²) in [7, 11) is 0. The first-order valence-electron chi connectivity index (χ1n) is 6.71. The van der Waals surface area contributed by atoms with Crippen LogP contribution in [0.5, 0.6) is 0 Å². The number of anilines is 1. The van der Waals surface area contributed by atoms with Gasteiger partial charge in [0.25, 0.3) is 0 Å². The van der Waals surface area contributed by atoms with Crippen molar-refractivity contribution in [3.05, 3.63) is 29.8 Å². The molecule has 4 heteroatoms. The van der Waals surface area contributed by atoms with Crippen LogP contribution < -0.4 is 10.2 Å². The molecule has 1 N–H and O–H groups in total. The standard InChI is InChI=1S/C14H18F2N2/c15-10-5-6-11(16)14(9-10)18-8-7-17-12-3-1-2-4-13(12)18/h5-6,9,12-13,17H,1-4,7-8H2/t12-,13+/m1/s1. The van der Waals surface area contributed by atoms with Gasteiger partial charge in [0, 0.05) is 31.2 Å². The molecular weight excluding hydrogens is 234 g/mol. The summed E-state index contributed by atoms with van der Waals surface area (Å²) in [6.45, 7) is 1.60. The summed E-state index contributed by atoms with van der Waals surface area (Å²) in [4.78, 5) is 2.05. The first-order valence-corrected chi connectivity index (χ1v) is 6.71. The smallest absolute Gasteiger partial charge is 0.146 e. The van der Waals surface area contributed by atoms with Crippen LogP contribution in [0.15, 0.2) is 18.2 Å². The van der Waals surface area contributed by atoms with Crippen molar-refractivity contribution >= 4 is 5.69 Å². The van der Waals surface area contributed by atoms with E-state index < -0.39 is 0 Å². The van der Waals surface area contributed by atoms with Crippen LogP contribution in [-0.2, 0) is 0 Å². The fraction of sp³-hybridized carbons (Fsp3) is 0.571. The molecule has 0 spiro atoms. The van der Waals surface area contributed by atoms with Crippen LogP contribution in [0.3, 0.4) is 0 Å². The van der Waals surface area contributed by atoms with Crippen LogP contribution in [0.1, 0.15) is 25.7 Å². The normalized spacial score (nSPS) is 28.0. The molecule has 0 bridgehead atoms. The van der Waals surface area contributed by atoms with E-state index in [2.05, 4.69) is 10.2 Å². The zero-order valence-corrected chi connectivity index (χ0v) is 10.3. The van der Waals surface area contributed by atoms with E-state index in [1.807, 2.05) is 0 Å². The Kier molecular flexibility index (Phi) is 3.20. The monoisotopic (exact) mass is 252 g/mol. The third-order valence-corrected chi connectivity index (χ3v) is 4.11. The first-order chi connectivity index (χ1) is 8.75. The Labute approximate surface area is 106 Å². The third kappa shape index (κ3) is 2.09. The SMILES string of the molecule is Fc1ccc(F)c(N2CCN[C@@H]3CCCC[C@@H]32)c1.